The van der Waals surface area contributed by atoms with E-state index in [1.807, 2.05) is 6.92 Å². The molecule has 0 unspecified atom stereocenters. The van der Waals surface area contributed by atoms with Crippen molar-refractivity contribution < 1.29 is 21.6 Å². The lowest BCUT2D eigenvalue weighted by Gasteiger charge is -2.23. The minimum absolute atomic E-state index is 0.0841. The van der Waals surface area contributed by atoms with Gasteiger partial charge in [0.15, 0.2) is 9.84 Å². The molecule has 1 saturated heterocycles. The summed E-state index contributed by atoms with van der Waals surface area (Å²) >= 11 is 0. The number of amides is 1. The number of carbonyl (C=O) groups excluding carboxylic acids is 1. The summed E-state index contributed by atoms with van der Waals surface area (Å²) in [6.07, 6.45) is 2.07. The number of benzene rings is 2. The largest absolute Gasteiger partial charge is 0.325 e. The van der Waals surface area contributed by atoms with Crippen LogP contribution in [0.15, 0.2) is 58.3 Å². The molecule has 9 heteroatoms. The summed E-state index contributed by atoms with van der Waals surface area (Å²) in [5, 5.41) is 2.65. The topological polar surface area (TPSA) is 101 Å². The zero-order chi connectivity index (χ0) is 20.5. The van der Waals surface area contributed by atoms with Crippen LogP contribution in [0, 0.1) is 6.92 Å². The smallest absolute Gasteiger partial charge is 0.243 e. The van der Waals surface area contributed by atoms with Gasteiger partial charge < -0.3 is 5.32 Å². The van der Waals surface area contributed by atoms with Gasteiger partial charge in [-0.15, -0.1) is 0 Å². The van der Waals surface area contributed by atoms with E-state index in [0.717, 1.165) is 11.8 Å². The molecule has 28 heavy (non-hydrogen) atoms. The Balaban J connectivity index is 1.83. The maximum absolute atomic E-state index is 13.0. The normalized spacial score (nSPS) is 18.1. The molecule has 2 aromatic carbocycles. The standard InChI is InChI=1S/C19H22N2O5S2/c1-14-8-10-16(11-9-14)28(25,26)21-12-4-7-18(21)19(22)20-15-5-3-6-17(13-15)27(2,23)24/h3,5-6,8-11,13,18H,4,7,12H2,1-2H3,(H,20,22)/t18-/m0/s1. The summed E-state index contributed by atoms with van der Waals surface area (Å²) in [7, 11) is -7.21. The number of anilines is 1. The van der Waals surface area contributed by atoms with E-state index < -0.39 is 31.8 Å². The van der Waals surface area contributed by atoms with Crippen molar-refractivity contribution in [3.05, 3.63) is 54.1 Å². The van der Waals surface area contributed by atoms with Gasteiger partial charge in [0.05, 0.1) is 9.79 Å². The van der Waals surface area contributed by atoms with Crippen molar-refractivity contribution in [1.82, 2.24) is 4.31 Å². The Labute approximate surface area is 165 Å². The Morgan fingerprint density at radius 3 is 2.36 bits per heavy atom. The van der Waals surface area contributed by atoms with Crippen molar-refractivity contribution in [3.8, 4) is 0 Å². The number of hydrogen-bond donors (Lipinski definition) is 1. The molecule has 2 aromatic rings. The van der Waals surface area contributed by atoms with Crippen LogP contribution in [0.25, 0.3) is 0 Å². The van der Waals surface area contributed by atoms with Crippen molar-refractivity contribution in [2.75, 3.05) is 18.1 Å². The van der Waals surface area contributed by atoms with E-state index in [4.69, 9.17) is 0 Å². The van der Waals surface area contributed by atoms with Crippen LogP contribution in [0.1, 0.15) is 18.4 Å². The van der Waals surface area contributed by atoms with Crippen LogP contribution < -0.4 is 5.32 Å². The minimum Gasteiger partial charge on any atom is -0.325 e. The van der Waals surface area contributed by atoms with Crippen LogP contribution in [0.5, 0.6) is 0 Å². The van der Waals surface area contributed by atoms with Gasteiger partial charge in [0.2, 0.25) is 15.9 Å². The highest BCUT2D eigenvalue weighted by atomic mass is 32.2. The molecular weight excluding hydrogens is 400 g/mol. The van der Waals surface area contributed by atoms with E-state index in [-0.39, 0.29) is 16.3 Å². The summed E-state index contributed by atoms with van der Waals surface area (Å²) in [5.74, 6) is -0.473. The van der Waals surface area contributed by atoms with Crippen LogP contribution >= 0.6 is 0 Å². The highest BCUT2D eigenvalue weighted by molar-refractivity contribution is 7.90. The van der Waals surface area contributed by atoms with Gasteiger partial charge in [-0.1, -0.05) is 23.8 Å². The predicted molar refractivity (Wildman–Crippen MR) is 106 cm³/mol. The highest BCUT2D eigenvalue weighted by Crippen LogP contribution is 2.27. The van der Waals surface area contributed by atoms with Gasteiger partial charge in [-0.3, -0.25) is 4.79 Å². The highest BCUT2D eigenvalue weighted by Gasteiger charge is 2.39. The molecule has 0 spiro atoms. The second-order valence-electron chi connectivity index (χ2n) is 6.88. The Morgan fingerprint density at radius 1 is 1.04 bits per heavy atom. The predicted octanol–water partition coefficient (Wildman–Crippen LogP) is 2.19. The summed E-state index contributed by atoms with van der Waals surface area (Å²) < 4.78 is 50.5. The van der Waals surface area contributed by atoms with E-state index in [1.165, 1.54) is 34.6 Å². The molecule has 1 aliphatic heterocycles. The summed E-state index contributed by atoms with van der Waals surface area (Å²) in [6, 6.07) is 11.6. The van der Waals surface area contributed by atoms with Crippen molar-refractivity contribution in [2.24, 2.45) is 0 Å². The Morgan fingerprint density at radius 2 is 1.71 bits per heavy atom. The number of sulfone groups is 1. The van der Waals surface area contributed by atoms with Crippen LogP contribution in [-0.2, 0) is 24.7 Å². The molecule has 1 fully saturated rings. The van der Waals surface area contributed by atoms with E-state index >= 15 is 0 Å². The molecule has 0 radical (unpaired) electrons. The summed E-state index contributed by atoms with van der Waals surface area (Å²) in [4.78, 5) is 13.0. The summed E-state index contributed by atoms with van der Waals surface area (Å²) in [5.41, 5.74) is 1.26. The average Bonchev–Trinajstić information content (AvgIpc) is 3.12. The lowest BCUT2D eigenvalue weighted by Crippen LogP contribution is -2.43. The molecular formula is C19H22N2O5S2. The fraction of sp³-hybridized carbons (Fsp3) is 0.316. The quantitative estimate of drug-likeness (QED) is 0.796. The van der Waals surface area contributed by atoms with Crippen LogP contribution in [-0.4, -0.2) is 45.9 Å². The first-order chi connectivity index (χ1) is 13.1. The van der Waals surface area contributed by atoms with Crippen molar-refractivity contribution in [2.45, 2.75) is 35.6 Å². The first-order valence-electron chi connectivity index (χ1n) is 8.78. The first-order valence-corrected chi connectivity index (χ1v) is 12.1. The van der Waals surface area contributed by atoms with Crippen LogP contribution in [0.2, 0.25) is 0 Å². The van der Waals surface area contributed by atoms with Crippen molar-refractivity contribution in [3.63, 3.8) is 0 Å². The van der Waals surface area contributed by atoms with Gasteiger partial charge in [-0.05, 0) is 50.1 Å². The lowest BCUT2D eigenvalue weighted by molar-refractivity contribution is -0.119. The number of rotatable bonds is 5. The molecule has 7 nitrogen and oxygen atoms in total. The van der Waals surface area contributed by atoms with Crippen LogP contribution in [0.3, 0.4) is 0 Å². The van der Waals surface area contributed by atoms with Gasteiger partial charge in [-0.25, -0.2) is 16.8 Å². The zero-order valence-electron chi connectivity index (χ0n) is 15.6. The van der Waals surface area contributed by atoms with Gasteiger partial charge in [0.1, 0.15) is 6.04 Å². The van der Waals surface area contributed by atoms with E-state index in [1.54, 1.807) is 18.2 Å². The number of sulfonamides is 1. The van der Waals surface area contributed by atoms with Gasteiger partial charge in [0, 0.05) is 18.5 Å². The van der Waals surface area contributed by atoms with E-state index in [0.29, 0.717) is 18.5 Å². The average molecular weight is 423 g/mol. The van der Waals surface area contributed by atoms with Gasteiger partial charge in [-0.2, -0.15) is 4.31 Å². The number of aryl methyl sites for hydroxylation is 1. The molecule has 0 bridgehead atoms. The molecule has 1 aliphatic rings. The fourth-order valence-corrected chi connectivity index (χ4v) is 5.49. The lowest BCUT2D eigenvalue weighted by atomic mass is 10.2. The van der Waals surface area contributed by atoms with Crippen molar-refractivity contribution in [1.29, 1.82) is 0 Å². The second kappa shape index (κ2) is 7.65. The third kappa shape index (κ3) is 4.26. The second-order valence-corrected chi connectivity index (χ2v) is 10.8. The molecule has 1 atom stereocenters. The number of hydrogen-bond acceptors (Lipinski definition) is 5. The minimum atomic E-state index is -3.80. The monoisotopic (exact) mass is 422 g/mol. The zero-order valence-corrected chi connectivity index (χ0v) is 17.3. The van der Waals surface area contributed by atoms with Crippen molar-refractivity contribution >= 4 is 31.5 Å². The van der Waals surface area contributed by atoms with Gasteiger partial charge >= 0.3 is 0 Å². The van der Waals surface area contributed by atoms with Crippen LogP contribution in [0.4, 0.5) is 5.69 Å². The van der Waals surface area contributed by atoms with E-state index in [2.05, 4.69) is 5.32 Å². The van der Waals surface area contributed by atoms with E-state index in [9.17, 15) is 21.6 Å². The maximum atomic E-state index is 13.0. The maximum Gasteiger partial charge on any atom is 0.243 e. The molecule has 0 saturated carbocycles. The SMILES string of the molecule is Cc1ccc(S(=O)(=O)N2CCC[C@H]2C(=O)Nc2cccc(S(C)(=O)=O)c2)cc1. The Kier molecular flexibility index (Phi) is 5.60. The molecule has 3 rings (SSSR count). The molecule has 0 aliphatic carbocycles. The summed E-state index contributed by atoms with van der Waals surface area (Å²) in [6.45, 7) is 2.13. The fourth-order valence-electron chi connectivity index (χ4n) is 3.17. The Hall–Kier alpha value is -2.23. The number of nitrogens with one attached hydrogen (secondary N) is 1. The third-order valence-electron chi connectivity index (χ3n) is 4.66. The molecule has 1 N–H and O–H groups in total. The molecule has 1 heterocycles. The first kappa shape index (κ1) is 20.5. The molecule has 0 aromatic heterocycles. The number of carbonyl (C=O) groups is 1. The third-order valence-corrected chi connectivity index (χ3v) is 7.70. The molecule has 1 amide bonds. The number of nitrogens with zero attached hydrogens (tertiary/aromatic N) is 1. The van der Waals surface area contributed by atoms with Gasteiger partial charge in [0.25, 0.3) is 0 Å². The Bertz CT molecular complexity index is 1090. The molecule has 150 valence electrons.